The molecular weight excluding hydrogens is 388 g/mol. The Kier molecular flexibility index (Phi) is 6.46. The van der Waals surface area contributed by atoms with E-state index in [9.17, 15) is 9.59 Å². The SMILES string of the molecule is COC(=O)C1=C(COc2ccc(C)cc2)NC(=O)N[C@H]1c1ccc(OC)c(OC)c1. The number of nitrogens with one attached hydrogen (secondary N) is 2. The van der Waals surface area contributed by atoms with Crippen LogP contribution >= 0.6 is 0 Å². The molecule has 2 aromatic carbocycles. The topological polar surface area (TPSA) is 95.1 Å². The number of amides is 2. The van der Waals surface area contributed by atoms with Crippen molar-refractivity contribution in [3.63, 3.8) is 0 Å². The zero-order chi connectivity index (χ0) is 21.7. The second kappa shape index (κ2) is 9.21. The number of carbonyl (C=O) groups excluding carboxylic acids is 2. The van der Waals surface area contributed by atoms with Crippen LogP contribution in [0.1, 0.15) is 17.2 Å². The van der Waals surface area contributed by atoms with Crippen LogP contribution in [-0.2, 0) is 9.53 Å². The van der Waals surface area contributed by atoms with Crippen molar-refractivity contribution in [3.05, 3.63) is 64.9 Å². The van der Waals surface area contributed by atoms with E-state index < -0.39 is 18.0 Å². The van der Waals surface area contributed by atoms with Crippen LogP contribution in [0.5, 0.6) is 17.2 Å². The normalized spacial score (nSPS) is 15.7. The van der Waals surface area contributed by atoms with Crippen LogP contribution in [0, 0.1) is 6.92 Å². The van der Waals surface area contributed by atoms with Gasteiger partial charge in [-0.2, -0.15) is 0 Å². The number of carbonyl (C=O) groups is 2. The molecule has 2 amide bonds. The lowest BCUT2D eigenvalue weighted by Gasteiger charge is -2.29. The van der Waals surface area contributed by atoms with Crippen molar-refractivity contribution >= 4 is 12.0 Å². The maximum atomic E-state index is 12.6. The molecule has 2 aromatic rings. The Morgan fingerprint density at radius 3 is 2.33 bits per heavy atom. The molecule has 1 heterocycles. The Hall–Kier alpha value is -3.68. The maximum Gasteiger partial charge on any atom is 0.338 e. The molecule has 8 heteroatoms. The number of urea groups is 1. The van der Waals surface area contributed by atoms with E-state index in [1.165, 1.54) is 21.3 Å². The van der Waals surface area contributed by atoms with Crippen molar-refractivity contribution in [2.75, 3.05) is 27.9 Å². The van der Waals surface area contributed by atoms with Gasteiger partial charge in [0.25, 0.3) is 0 Å². The highest BCUT2D eigenvalue weighted by molar-refractivity contribution is 5.95. The molecule has 0 bridgehead atoms. The first-order valence-electron chi connectivity index (χ1n) is 9.27. The highest BCUT2D eigenvalue weighted by Crippen LogP contribution is 2.34. The van der Waals surface area contributed by atoms with Gasteiger partial charge in [-0.25, -0.2) is 9.59 Å². The Morgan fingerprint density at radius 1 is 1.00 bits per heavy atom. The summed E-state index contributed by atoms with van der Waals surface area (Å²) >= 11 is 0. The van der Waals surface area contributed by atoms with Crippen molar-refractivity contribution in [1.82, 2.24) is 10.6 Å². The summed E-state index contributed by atoms with van der Waals surface area (Å²) in [4.78, 5) is 24.9. The van der Waals surface area contributed by atoms with Crippen LogP contribution in [0.15, 0.2) is 53.7 Å². The minimum atomic E-state index is -0.748. The van der Waals surface area contributed by atoms with Gasteiger partial charge in [0.05, 0.1) is 38.6 Å². The molecule has 0 unspecified atom stereocenters. The van der Waals surface area contributed by atoms with Crippen LogP contribution in [0.25, 0.3) is 0 Å². The number of esters is 1. The van der Waals surface area contributed by atoms with E-state index in [1.807, 2.05) is 31.2 Å². The third-order valence-electron chi connectivity index (χ3n) is 4.70. The molecule has 158 valence electrons. The van der Waals surface area contributed by atoms with Gasteiger partial charge in [-0.15, -0.1) is 0 Å². The highest BCUT2D eigenvalue weighted by atomic mass is 16.5. The predicted molar refractivity (Wildman–Crippen MR) is 110 cm³/mol. The molecule has 30 heavy (non-hydrogen) atoms. The summed E-state index contributed by atoms with van der Waals surface area (Å²) in [7, 11) is 4.33. The molecule has 8 nitrogen and oxygen atoms in total. The van der Waals surface area contributed by atoms with Crippen LogP contribution in [0.2, 0.25) is 0 Å². The number of rotatable bonds is 7. The lowest BCUT2D eigenvalue weighted by atomic mass is 9.95. The Morgan fingerprint density at radius 2 is 1.70 bits per heavy atom. The van der Waals surface area contributed by atoms with Crippen LogP contribution < -0.4 is 24.8 Å². The molecule has 0 aliphatic carbocycles. The van der Waals surface area contributed by atoms with Gasteiger partial charge in [0.15, 0.2) is 11.5 Å². The van der Waals surface area contributed by atoms with Gasteiger partial charge in [0.2, 0.25) is 0 Å². The van der Waals surface area contributed by atoms with E-state index >= 15 is 0 Å². The van der Waals surface area contributed by atoms with Gasteiger partial charge in [-0.1, -0.05) is 23.8 Å². The second-order valence-corrected chi connectivity index (χ2v) is 6.63. The first-order chi connectivity index (χ1) is 14.5. The number of ether oxygens (including phenoxy) is 4. The molecule has 1 aliphatic heterocycles. The molecule has 2 N–H and O–H groups in total. The molecule has 0 saturated heterocycles. The van der Waals surface area contributed by atoms with E-state index in [4.69, 9.17) is 18.9 Å². The molecular formula is C22H24N2O6. The highest BCUT2D eigenvalue weighted by Gasteiger charge is 2.34. The van der Waals surface area contributed by atoms with Gasteiger partial charge in [0.1, 0.15) is 12.4 Å². The monoisotopic (exact) mass is 412 g/mol. The average molecular weight is 412 g/mol. The average Bonchev–Trinajstić information content (AvgIpc) is 2.77. The van der Waals surface area contributed by atoms with Gasteiger partial charge >= 0.3 is 12.0 Å². The van der Waals surface area contributed by atoms with E-state index in [0.717, 1.165) is 5.56 Å². The molecule has 1 atom stereocenters. The predicted octanol–water partition coefficient (Wildman–Crippen LogP) is 2.87. The van der Waals surface area contributed by atoms with E-state index in [0.29, 0.717) is 28.5 Å². The largest absolute Gasteiger partial charge is 0.493 e. The lowest BCUT2D eigenvalue weighted by molar-refractivity contribution is -0.136. The molecule has 0 saturated carbocycles. The summed E-state index contributed by atoms with van der Waals surface area (Å²) in [5, 5.41) is 5.42. The molecule has 0 aromatic heterocycles. The van der Waals surface area contributed by atoms with Gasteiger partial charge in [-0.05, 0) is 36.8 Å². The fraction of sp³-hybridized carbons (Fsp3) is 0.273. The first-order valence-corrected chi connectivity index (χ1v) is 9.27. The van der Waals surface area contributed by atoms with Gasteiger partial charge < -0.3 is 29.6 Å². The third kappa shape index (κ3) is 4.48. The first kappa shape index (κ1) is 21.0. The number of hydrogen-bond donors (Lipinski definition) is 2. The molecule has 0 radical (unpaired) electrons. The minimum absolute atomic E-state index is 0.00922. The van der Waals surface area contributed by atoms with Crippen LogP contribution in [0.3, 0.4) is 0 Å². The van der Waals surface area contributed by atoms with Crippen molar-refractivity contribution in [2.45, 2.75) is 13.0 Å². The maximum absolute atomic E-state index is 12.6. The van der Waals surface area contributed by atoms with Crippen LogP contribution in [-0.4, -0.2) is 39.9 Å². The fourth-order valence-electron chi connectivity index (χ4n) is 3.16. The zero-order valence-electron chi connectivity index (χ0n) is 17.3. The van der Waals surface area contributed by atoms with Crippen molar-refractivity contribution in [2.24, 2.45) is 0 Å². The van der Waals surface area contributed by atoms with Crippen molar-refractivity contribution in [3.8, 4) is 17.2 Å². The Bertz CT molecular complexity index is 968. The van der Waals surface area contributed by atoms with Crippen molar-refractivity contribution in [1.29, 1.82) is 0 Å². The standard InChI is InChI=1S/C22H24N2O6/c1-13-5-8-15(9-6-13)30-12-16-19(21(25)29-4)20(24-22(26)23-16)14-7-10-17(27-2)18(11-14)28-3/h5-11,20H,12H2,1-4H3,(H2,23,24,26)/t20-/m0/s1. The Labute approximate surface area is 174 Å². The number of benzene rings is 2. The second-order valence-electron chi connectivity index (χ2n) is 6.63. The lowest BCUT2D eigenvalue weighted by Crippen LogP contribution is -2.47. The fourth-order valence-corrected chi connectivity index (χ4v) is 3.16. The van der Waals surface area contributed by atoms with Gasteiger partial charge in [-0.3, -0.25) is 0 Å². The molecule has 3 rings (SSSR count). The summed E-state index contributed by atoms with van der Waals surface area (Å²) in [6, 6.07) is 11.4. The summed E-state index contributed by atoms with van der Waals surface area (Å²) < 4.78 is 21.4. The Balaban J connectivity index is 1.98. The van der Waals surface area contributed by atoms with E-state index in [1.54, 1.807) is 18.2 Å². The quantitative estimate of drug-likeness (QED) is 0.679. The van der Waals surface area contributed by atoms with Gasteiger partial charge in [0, 0.05) is 0 Å². The van der Waals surface area contributed by atoms with E-state index in [2.05, 4.69) is 10.6 Å². The number of methoxy groups -OCH3 is 3. The van der Waals surface area contributed by atoms with E-state index in [-0.39, 0.29) is 12.2 Å². The summed E-state index contributed by atoms with van der Waals surface area (Å²) in [5.74, 6) is 1.05. The molecule has 0 spiro atoms. The van der Waals surface area contributed by atoms with Crippen molar-refractivity contribution < 1.29 is 28.5 Å². The minimum Gasteiger partial charge on any atom is -0.493 e. The number of aryl methyl sites for hydroxylation is 1. The molecule has 1 aliphatic rings. The summed E-state index contributed by atoms with van der Waals surface area (Å²) in [6.45, 7) is 1.97. The third-order valence-corrected chi connectivity index (χ3v) is 4.70. The number of hydrogen-bond acceptors (Lipinski definition) is 6. The summed E-state index contributed by atoms with van der Waals surface area (Å²) in [5.41, 5.74) is 2.30. The van der Waals surface area contributed by atoms with Crippen LogP contribution in [0.4, 0.5) is 4.79 Å². The summed E-state index contributed by atoms with van der Waals surface area (Å²) in [6.07, 6.45) is 0. The smallest absolute Gasteiger partial charge is 0.338 e. The zero-order valence-corrected chi connectivity index (χ0v) is 17.3. The molecule has 0 fully saturated rings.